The molecule has 0 bridgehead atoms. The van der Waals surface area contributed by atoms with Crippen molar-refractivity contribution in [1.82, 2.24) is 15.3 Å². The predicted molar refractivity (Wildman–Crippen MR) is 91.6 cm³/mol. The lowest BCUT2D eigenvalue weighted by molar-refractivity contribution is 0.0948. The summed E-state index contributed by atoms with van der Waals surface area (Å²) in [7, 11) is 0. The first-order valence-corrected chi connectivity index (χ1v) is 7.57. The van der Waals surface area contributed by atoms with Gasteiger partial charge in [0, 0.05) is 18.9 Å². The van der Waals surface area contributed by atoms with E-state index in [4.69, 9.17) is 0 Å². The zero-order valence-corrected chi connectivity index (χ0v) is 13.1. The first-order valence-electron chi connectivity index (χ1n) is 7.57. The number of nitrogens with one attached hydrogen (secondary N) is 1. The summed E-state index contributed by atoms with van der Waals surface area (Å²) < 4.78 is 0. The van der Waals surface area contributed by atoms with E-state index in [-0.39, 0.29) is 28.7 Å². The van der Waals surface area contributed by atoms with Gasteiger partial charge >= 0.3 is 0 Å². The van der Waals surface area contributed by atoms with Crippen LogP contribution >= 0.6 is 0 Å². The molecule has 126 valence electrons. The molecule has 1 aromatic carbocycles. The van der Waals surface area contributed by atoms with Crippen molar-refractivity contribution in [1.29, 1.82) is 0 Å². The van der Waals surface area contributed by atoms with Gasteiger partial charge in [0.2, 0.25) is 0 Å². The van der Waals surface area contributed by atoms with E-state index in [9.17, 15) is 19.8 Å². The van der Waals surface area contributed by atoms with Crippen molar-refractivity contribution in [2.24, 2.45) is 0 Å². The molecule has 7 heteroatoms. The Morgan fingerprint density at radius 2 is 1.88 bits per heavy atom. The fourth-order valence-corrected chi connectivity index (χ4v) is 2.55. The standard InChI is InChI=1S/C18H15N3O4/c22-10-12-13(17(24)15-14(16(12)23)19-7-8-20-15)18(25)21-9-11-5-3-1-2-4-6-11/h1-3,5-8,10,23-24H,4,9H2,(H,21,25). The molecule has 0 spiro atoms. The largest absolute Gasteiger partial charge is 0.505 e. The molecule has 0 radical (unpaired) electrons. The highest BCUT2D eigenvalue weighted by molar-refractivity contribution is 6.11. The van der Waals surface area contributed by atoms with E-state index < -0.39 is 17.4 Å². The van der Waals surface area contributed by atoms with E-state index in [2.05, 4.69) is 15.3 Å². The van der Waals surface area contributed by atoms with E-state index in [1.807, 2.05) is 30.4 Å². The summed E-state index contributed by atoms with van der Waals surface area (Å²) in [5.41, 5.74) is 0.148. The van der Waals surface area contributed by atoms with E-state index in [0.717, 1.165) is 12.0 Å². The molecule has 1 amide bonds. The second-order valence-electron chi connectivity index (χ2n) is 5.34. The Labute approximate surface area is 143 Å². The van der Waals surface area contributed by atoms with Crippen molar-refractivity contribution >= 4 is 23.2 Å². The number of hydrogen-bond acceptors (Lipinski definition) is 6. The Bertz CT molecular complexity index is 945. The lowest BCUT2D eigenvalue weighted by Crippen LogP contribution is -2.26. The van der Waals surface area contributed by atoms with E-state index in [0.29, 0.717) is 6.29 Å². The number of phenolic OH excluding ortho intramolecular Hbond substituents is 2. The molecule has 3 rings (SSSR count). The maximum Gasteiger partial charge on any atom is 0.256 e. The Kier molecular flexibility index (Phi) is 4.56. The summed E-state index contributed by atoms with van der Waals surface area (Å²) in [6.45, 7) is 0.216. The van der Waals surface area contributed by atoms with Crippen LogP contribution in [-0.2, 0) is 0 Å². The molecule has 25 heavy (non-hydrogen) atoms. The van der Waals surface area contributed by atoms with Crippen molar-refractivity contribution < 1.29 is 19.8 Å². The molecule has 0 atom stereocenters. The Balaban J connectivity index is 1.97. The molecule has 1 aromatic heterocycles. The highest BCUT2D eigenvalue weighted by atomic mass is 16.3. The van der Waals surface area contributed by atoms with Gasteiger partial charge in [-0.25, -0.2) is 9.97 Å². The molecular weight excluding hydrogens is 322 g/mol. The fraction of sp³-hybridized carbons (Fsp3) is 0.111. The van der Waals surface area contributed by atoms with Gasteiger partial charge in [-0.05, 0) is 12.0 Å². The third kappa shape index (κ3) is 3.12. The minimum Gasteiger partial charge on any atom is -0.505 e. The SMILES string of the molecule is O=Cc1c(C(=O)NCC2=CCC=CC=C2)c(O)c2nccnc2c1O. The molecule has 1 heterocycles. The number of hydrogen-bond donors (Lipinski definition) is 3. The number of carbonyl (C=O) groups is 2. The number of carbonyl (C=O) groups excluding carboxylic acids is 2. The zero-order chi connectivity index (χ0) is 17.8. The third-order valence-electron chi connectivity index (χ3n) is 3.78. The van der Waals surface area contributed by atoms with Crippen LogP contribution in [0.4, 0.5) is 0 Å². The van der Waals surface area contributed by atoms with Gasteiger partial charge < -0.3 is 15.5 Å². The number of benzene rings is 1. The summed E-state index contributed by atoms with van der Waals surface area (Å²) in [6.07, 6.45) is 13.2. The minimum absolute atomic E-state index is 0.0425. The van der Waals surface area contributed by atoms with Crippen LogP contribution in [0.1, 0.15) is 27.1 Å². The monoisotopic (exact) mass is 337 g/mol. The molecule has 1 aliphatic carbocycles. The van der Waals surface area contributed by atoms with Crippen LogP contribution in [-0.4, -0.2) is 38.9 Å². The number of phenols is 2. The maximum atomic E-state index is 12.5. The van der Waals surface area contributed by atoms with Crippen molar-refractivity contribution in [2.75, 3.05) is 6.54 Å². The molecule has 1 aliphatic rings. The minimum atomic E-state index is -0.686. The molecule has 2 aromatic rings. The average molecular weight is 337 g/mol. The molecule has 3 N–H and O–H groups in total. The van der Waals surface area contributed by atoms with Crippen LogP contribution in [0.2, 0.25) is 0 Å². The Morgan fingerprint density at radius 3 is 2.60 bits per heavy atom. The molecule has 7 nitrogen and oxygen atoms in total. The molecule has 0 aliphatic heterocycles. The van der Waals surface area contributed by atoms with E-state index in [1.54, 1.807) is 0 Å². The van der Waals surface area contributed by atoms with Crippen LogP contribution in [0.5, 0.6) is 11.5 Å². The van der Waals surface area contributed by atoms with Gasteiger partial charge in [-0.15, -0.1) is 0 Å². The van der Waals surface area contributed by atoms with Crippen molar-refractivity contribution in [3.05, 3.63) is 59.5 Å². The van der Waals surface area contributed by atoms with Crippen molar-refractivity contribution in [3.63, 3.8) is 0 Å². The molecule has 0 fully saturated rings. The number of rotatable bonds is 4. The van der Waals surface area contributed by atoms with E-state index >= 15 is 0 Å². The first-order chi connectivity index (χ1) is 12.1. The third-order valence-corrected chi connectivity index (χ3v) is 3.78. The van der Waals surface area contributed by atoms with Crippen molar-refractivity contribution in [3.8, 4) is 11.5 Å². The van der Waals surface area contributed by atoms with Crippen LogP contribution in [0.3, 0.4) is 0 Å². The summed E-state index contributed by atoms with van der Waals surface area (Å²) in [5.74, 6) is -1.67. The highest BCUT2D eigenvalue weighted by Gasteiger charge is 2.25. The van der Waals surface area contributed by atoms with Gasteiger partial charge in [-0.2, -0.15) is 0 Å². The first kappa shape index (κ1) is 16.4. The molecule has 0 saturated heterocycles. The highest BCUT2D eigenvalue weighted by Crippen LogP contribution is 2.36. The maximum absolute atomic E-state index is 12.5. The predicted octanol–water partition coefficient (Wildman–Crippen LogP) is 2.03. The number of aromatic hydroxyl groups is 2. The zero-order valence-electron chi connectivity index (χ0n) is 13.1. The topological polar surface area (TPSA) is 112 Å². The van der Waals surface area contributed by atoms with Crippen LogP contribution in [0.15, 0.2) is 48.3 Å². The normalized spacial score (nSPS) is 13.4. The second kappa shape index (κ2) is 6.96. The number of amides is 1. The van der Waals surface area contributed by atoms with Gasteiger partial charge in [-0.1, -0.05) is 30.4 Å². The van der Waals surface area contributed by atoms with Gasteiger partial charge in [0.05, 0.1) is 11.1 Å². The van der Waals surface area contributed by atoms with E-state index in [1.165, 1.54) is 12.4 Å². The number of allylic oxidation sites excluding steroid dienone is 4. The summed E-state index contributed by atoms with van der Waals surface area (Å²) in [6, 6.07) is 0. The fourth-order valence-electron chi connectivity index (χ4n) is 2.55. The van der Waals surface area contributed by atoms with Crippen LogP contribution in [0.25, 0.3) is 11.0 Å². The molecule has 0 saturated carbocycles. The van der Waals surface area contributed by atoms with Gasteiger partial charge in [0.1, 0.15) is 11.0 Å². The van der Waals surface area contributed by atoms with Crippen molar-refractivity contribution in [2.45, 2.75) is 6.42 Å². The van der Waals surface area contributed by atoms with Gasteiger partial charge in [-0.3, -0.25) is 9.59 Å². The number of aldehydes is 1. The molecule has 0 unspecified atom stereocenters. The lowest BCUT2D eigenvalue weighted by Gasteiger charge is -2.12. The number of fused-ring (bicyclic) bond motifs is 1. The van der Waals surface area contributed by atoms with Crippen LogP contribution in [0, 0.1) is 0 Å². The summed E-state index contributed by atoms with van der Waals surface area (Å²) >= 11 is 0. The average Bonchev–Trinajstić information content (AvgIpc) is 2.91. The van der Waals surface area contributed by atoms with Gasteiger partial charge in [0.15, 0.2) is 17.8 Å². The smallest absolute Gasteiger partial charge is 0.256 e. The lowest BCUT2D eigenvalue weighted by atomic mass is 10.0. The number of nitrogens with zero attached hydrogens (tertiary/aromatic N) is 2. The summed E-state index contributed by atoms with van der Waals surface area (Å²) in [5, 5.41) is 23.2. The molecular formula is C18H15N3O4. The second-order valence-corrected chi connectivity index (χ2v) is 5.34. The Hall–Kier alpha value is -3.48. The Morgan fingerprint density at radius 1 is 1.16 bits per heavy atom. The van der Waals surface area contributed by atoms with Gasteiger partial charge in [0.25, 0.3) is 5.91 Å². The summed E-state index contributed by atoms with van der Waals surface area (Å²) in [4.78, 5) is 31.7. The number of aromatic nitrogens is 2. The van der Waals surface area contributed by atoms with Crippen LogP contribution < -0.4 is 5.32 Å². The quantitative estimate of drug-likeness (QED) is 0.581.